The van der Waals surface area contributed by atoms with E-state index in [9.17, 15) is 0 Å². The lowest BCUT2D eigenvalue weighted by atomic mass is 10.0. The standard InChI is InChI=1S/C13H17BrN4O/c1-8(2)19-10-6-4-5-9(7-10)11(15)12-13(14)16-17-18(12)3/h4-8,11H,15H2,1-3H3. The summed E-state index contributed by atoms with van der Waals surface area (Å²) in [5, 5.41) is 7.89. The van der Waals surface area contributed by atoms with Crippen LogP contribution in [0.3, 0.4) is 0 Å². The molecule has 0 spiro atoms. The minimum atomic E-state index is -0.301. The van der Waals surface area contributed by atoms with Crippen LogP contribution in [0.25, 0.3) is 0 Å². The van der Waals surface area contributed by atoms with Crippen LogP contribution in [0.15, 0.2) is 28.9 Å². The van der Waals surface area contributed by atoms with E-state index in [4.69, 9.17) is 10.5 Å². The zero-order valence-electron chi connectivity index (χ0n) is 11.2. The molecule has 1 heterocycles. The summed E-state index contributed by atoms with van der Waals surface area (Å²) in [5.41, 5.74) is 8.07. The lowest BCUT2D eigenvalue weighted by molar-refractivity contribution is 0.242. The largest absolute Gasteiger partial charge is 0.491 e. The smallest absolute Gasteiger partial charge is 0.153 e. The first-order chi connectivity index (χ1) is 8.99. The lowest BCUT2D eigenvalue weighted by Crippen LogP contribution is -2.16. The topological polar surface area (TPSA) is 66.0 Å². The van der Waals surface area contributed by atoms with Crippen molar-refractivity contribution in [2.24, 2.45) is 12.8 Å². The highest BCUT2D eigenvalue weighted by Crippen LogP contribution is 2.27. The van der Waals surface area contributed by atoms with Crippen molar-refractivity contribution in [1.29, 1.82) is 0 Å². The molecule has 0 amide bonds. The summed E-state index contributed by atoms with van der Waals surface area (Å²) in [6.45, 7) is 3.99. The molecule has 5 nitrogen and oxygen atoms in total. The monoisotopic (exact) mass is 324 g/mol. The van der Waals surface area contributed by atoms with Gasteiger partial charge in [0.1, 0.15) is 5.75 Å². The Kier molecular flexibility index (Phi) is 4.21. The van der Waals surface area contributed by atoms with Gasteiger partial charge >= 0.3 is 0 Å². The average molecular weight is 325 g/mol. The van der Waals surface area contributed by atoms with E-state index < -0.39 is 0 Å². The highest BCUT2D eigenvalue weighted by molar-refractivity contribution is 9.10. The highest BCUT2D eigenvalue weighted by Gasteiger charge is 2.18. The van der Waals surface area contributed by atoms with Gasteiger partial charge in [0.25, 0.3) is 0 Å². The van der Waals surface area contributed by atoms with Crippen LogP contribution in [-0.4, -0.2) is 21.1 Å². The van der Waals surface area contributed by atoms with E-state index in [0.29, 0.717) is 4.60 Å². The third-order valence-corrected chi connectivity index (χ3v) is 3.28. The number of aromatic nitrogens is 3. The maximum atomic E-state index is 6.28. The van der Waals surface area contributed by atoms with Gasteiger partial charge in [-0.15, -0.1) is 5.10 Å². The molecule has 1 atom stereocenters. The maximum Gasteiger partial charge on any atom is 0.153 e. The van der Waals surface area contributed by atoms with Gasteiger partial charge in [-0.2, -0.15) is 0 Å². The van der Waals surface area contributed by atoms with Gasteiger partial charge in [0.2, 0.25) is 0 Å². The van der Waals surface area contributed by atoms with Gasteiger partial charge in [-0.25, -0.2) is 4.68 Å². The Morgan fingerprint density at radius 3 is 2.68 bits per heavy atom. The van der Waals surface area contributed by atoms with Crippen molar-refractivity contribution in [3.63, 3.8) is 0 Å². The SMILES string of the molecule is CC(C)Oc1cccc(C(N)c2c(Br)nnn2C)c1. The summed E-state index contributed by atoms with van der Waals surface area (Å²) in [4.78, 5) is 0. The van der Waals surface area contributed by atoms with Crippen molar-refractivity contribution < 1.29 is 4.74 Å². The van der Waals surface area contributed by atoms with Crippen LogP contribution in [0.4, 0.5) is 0 Å². The van der Waals surface area contributed by atoms with Crippen molar-refractivity contribution in [2.45, 2.75) is 26.0 Å². The van der Waals surface area contributed by atoms with Gasteiger partial charge in [-0.3, -0.25) is 0 Å². The predicted octanol–water partition coefficient (Wildman–Crippen LogP) is 2.41. The van der Waals surface area contributed by atoms with Gasteiger partial charge in [-0.05, 0) is 47.5 Å². The van der Waals surface area contributed by atoms with E-state index in [1.165, 1.54) is 0 Å². The van der Waals surface area contributed by atoms with Crippen LogP contribution in [0.1, 0.15) is 31.1 Å². The van der Waals surface area contributed by atoms with Crippen molar-refractivity contribution in [3.05, 3.63) is 40.1 Å². The fourth-order valence-electron chi connectivity index (χ4n) is 1.88. The van der Waals surface area contributed by atoms with E-state index in [1.54, 1.807) is 4.68 Å². The number of benzene rings is 1. The quantitative estimate of drug-likeness (QED) is 0.937. The molecule has 6 heteroatoms. The van der Waals surface area contributed by atoms with Gasteiger partial charge in [0.15, 0.2) is 4.60 Å². The summed E-state index contributed by atoms with van der Waals surface area (Å²) in [6, 6.07) is 7.48. The molecular weight excluding hydrogens is 308 g/mol. The second-order valence-electron chi connectivity index (χ2n) is 4.61. The van der Waals surface area contributed by atoms with Crippen LogP contribution in [0.2, 0.25) is 0 Å². The fraction of sp³-hybridized carbons (Fsp3) is 0.385. The predicted molar refractivity (Wildman–Crippen MR) is 76.9 cm³/mol. The fourth-order valence-corrected chi connectivity index (χ4v) is 2.45. The van der Waals surface area contributed by atoms with Gasteiger partial charge < -0.3 is 10.5 Å². The van der Waals surface area contributed by atoms with Crippen molar-refractivity contribution in [3.8, 4) is 5.75 Å². The molecule has 0 saturated heterocycles. The van der Waals surface area contributed by atoms with Crippen LogP contribution in [0.5, 0.6) is 5.75 Å². The van der Waals surface area contributed by atoms with E-state index in [0.717, 1.165) is 17.0 Å². The molecule has 1 unspecified atom stereocenters. The lowest BCUT2D eigenvalue weighted by Gasteiger charge is -2.15. The molecule has 0 aliphatic rings. The molecule has 0 aliphatic heterocycles. The minimum absolute atomic E-state index is 0.136. The first kappa shape index (κ1) is 14.0. The maximum absolute atomic E-state index is 6.28. The second-order valence-corrected chi connectivity index (χ2v) is 5.36. The summed E-state index contributed by atoms with van der Waals surface area (Å²) in [5.74, 6) is 0.814. The normalized spacial score (nSPS) is 12.7. The molecule has 0 fully saturated rings. The molecule has 0 aliphatic carbocycles. The molecule has 1 aromatic heterocycles. The van der Waals surface area contributed by atoms with Crippen LogP contribution in [-0.2, 0) is 7.05 Å². The molecule has 0 radical (unpaired) electrons. The summed E-state index contributed by atoms with van der Waals surface area (Å²) in [7, 11) is 1.82. The zero-order chi connectivity index (χ0) is 14.0. The minimum Gasteiger partial charge on any atom is -0.491 e. The third kappa shape index (κ3) is 3.13. The summed E-state index contributed by atoms with van der Waals surface area (Å²) >= 11 is 3.37. The average Bonchev–Trinajstić information content (AvgIpc) is 2.68. The van der Waals surface area contributed by atoms with E-state index in [2.05, 4.69) is 26.2 Å². The van der Waals surface area contributed by atoms with E-state index in [1.807, 2.05) is 45.2 Å². The van der Waals surface area contributed by atoms with E-state index >= 15 is 0 Å². The molecule has 2 aromatic rings. The number of halogens is 1. The number of hydrogen-bond acceptors (Lipinski definition) is 4. The third-order valence-electron chi connectivity index (χ3n) is 2.71. The number of nitrogens with two attached hydrogens (primary N) is 1. The van der Waals surface area contributed by atoms with Gasteiger partial charge in [-0.1, -0.05) is 17.3 Å². The Morgan fingerprint density at radius 1 is 1.37 bits per heavy atom. The molecule has 1 aromatic carbocycles. The molecule has 19 heavy (non-hydrogen) atoms. The van der Waals surface area contributed by atoms with Gasteiger partial charge in [0.05, 0.1) is 17.8 Å². The first-order valence-electron chi connectivity index (χ1n) is 6.06. The Morgan fingerprint density at radius 2 is 2.11 bits per heavy atom. The number of hydrogen-bond donors (Lipinski definition) is 1. The van der Waals surface area contributed by atoms with Crippen molar-refractivity contribution >= 4 is 15.9 Å². The number of aryl methyl sites for hydroxylation is 1. The Hall–Kier alpha value is -1.40. The first-order valence-corrected chi connectivity index (χ1v) is 6.85. The highest BCUT2D eigenvalue weighted by atomic mass is 79.9. The van der Waals surface area contributed by atoms with Crippen LogP contribution >= 0.6 is 15.9 Å². The number of ether oxygens (including phenoxy) is 1. The molecule has 0 bridgehead atoms. The summed E-state index contributed by atoms with van der Waals surface area (Å²) < 4.78 is 8.01. The van der Waals surface area contributed by atoms with E-state index in [-0.39, 0.29) is 12.1 Å². The van der Waals surface area contributed by atoms with Crippen LogP contribution in [0, 0.1) is 0 Å². The van der Waals surface area contributed by atoms with Gasteiger partial charge in [0, 0.05) is 7.05 Å². The molecular formula is C13H17BrN4O. The number of nitrogens with zero attached hydrogens (tertiary/aromatic N) is 3. The molecule has 2 N–H and O–H groups in total. The Balaban J connectivity index is 2.31. The zero-order valence-corrected chi connectivity index (χ0v) is 12.8. The molecule has 2 rings (SSSR count). The number of rotatable bonds is 4. The van der Waals surface area contributed by atoms with Crippen LogP contribution < -0.4 is 10.5 Å². The Labute approximate surface area is 120 Å². The molecule has 102 valence electrons. The Bertz CT molecular complexity index is 548. The van der Waals surface area contributed by atoms with Crippen molar-refractivity contribution in [1.82, 2.24) is 15.0 Å². The second kappa shape index (κ2) is 5.71. The summed E-state index contributed by atoms with van der Waals surface area (Å²) in [6.07, 6.45) is 0.136. The molecule has 0 saturated carbocycles. The van der Waals surface area contributed by atoms with Crippen molar-refractivity contribution in [2.75, 3.05) is 0 Å².